The third-order valence-corrected chi connectivity index (χ3v) is 3.98. The van der Waals surface area contributed by atoms with Gasteiger partial charge in [0, 0.05) is 28.9 Å². The topological polar surface area (TPSA) is 70.2 Å². The minimum absolute atomic E-state index is 0.0661. The second kappa shape index (κ2) is 7.36. The maximum atomic E-state index is 11.9. The lowest BCUT2D eigenvalue weighted by Crippen LogP contribution is -2.28. The van der Waals surface area contributed by atoms with Gasteiger partial charge in [0.05, 0.1) is 0 Å². The van der Waals surface area contributed by atoms with Gasteiger partial charge in [-0.1, -0.05) is 23.7 Å². The number of carbonyl (C=O) groups is 2. The van der Waals surface area contributed by atoms with Crippen LogP contribution in [0, 0.1) is 5.92 Å². The van der Waals surface area contributed by atoms with E-state index < -0.39 is 0 Å². The summed E-state index contributed by atoms with van der Waals surface area (Å²) in [7, 11) is 0. The molecule has 2 aromatic rings. The Bertz CT molecular complexity index is 725. The third-order valence-electron chi connectivity index (χ3n) is 3.72. The number of rotatable bonds is 5. The largest absolute Gasteiger partial charge is 0.334 e. The zero-order valence-electron chi connectivity index (χ0n) is 13.0. The van der Waals surface area contributed by atoms with Crippen molar-refractivity contribution in [3.05, 3.63) is 59.1 Å². The van der Waals surface area contributed by atoms with Crippen molar-refractivity contribution in [2.24, 2.45) is 5.92 Å². The van der Waals surface area contributed by atoms with Crippen LogP contribution in [0.1, 0.15) is 18.4 Å². The second-order valence-electron chi connectivity index (χ2n) is 5.78. The molecule has 1 saturated carbocycles. The van der Waals surface area contributed by atoms with Gasteiger partial charge in [0.15, 0.2) is 0 Å². The lowest BCUT2D eigenvalue weighted by Gasteiger charge is -2.09. The quantitative estimate of drug-likeness (QED) is 0.767. The lowest BCUT2D eigenvalue weighted by molar-refractivity contribution is -0.117. The van der Waals surface area contributed by atoms with E-state index in [0.29, 0.717) is 17.3 Å². The van der Waals surface area contributed by atoms with Crippen LogP contribution in [0.25, 0.3) is 0 Å². The first-order valence-corrected chi connectivity index (χ1v) is 8.18. The van der Waals surface area contributed by atoms with Crippen LogP contribution in [0.5, 0.6) is 0 Å². The summed E-state index contributed by atoms with van der Waals surface area (Å²) in [6, 6.07) is 14.1. The Labute approximate surface area is 145 Å². The van der Waals surface area contributed by atoms with Crippen molar-refractivity contribution in [1.82, 2.24) is 5.32 Å². The number of carbonyl (C=O) groups excluding carboxylic acids is 2. The molecule has 3 rings (SSSR count). The zero-order chi connectivity index (χ0) is 16.9. The predicted molar refractivity (Wildman–Crippen MR) is 95.1 cm³/mol. The van der Waals surface area contributed by atoms with E-state index >= 15 is 0 Å². The molecule has 0 heterocycles. The lowest BCUT2D eigenvalue weighted by atomic mass is 10.2. The predicted octanol–water partition coefficient (Wildman–Crippen LogP) is 4.01. The molecule has 0 bridgehead atoms. The fourth-order valence-electron chi connectivity index (χ4n) is 2.19. The molecule has 6 heteroatoms. The number of anilines is 2. The van der Waals surface area contributed by atoms with Gasteiger partial charge in [-0.15, -0.1) is 0 Å². The van der Waals surface area contributed by atoms with Crippen molar-refractivity contribution < 1.29 is 9.59 Å². The molecule has 5 nitrogen and oxygen atoms in total. The molecular weight excluding hydrogens is 326 g/mol. The monoisotopic (exact) mass is 343 g/mol. The SMILES string of the molecule is O=C(NCc1ccc(Cl)cc1)Nc1ccc(NC(=O)C2CC2)cc1. The van der Waals surface area contributed by atoms with Crippen LogP contribution < -0.4 is 16.0 Å². The highest BCUT2D eigenvalue weighted by molar-refractivity contribution is 6.30. The van der Waals surface area contributed by atoms with Crippen LogP contribution in [0.15, 0.2) is 48.5 Å². The highest BCUT2D eigenvalue weighted by Gasteiger charge is 2.29. The number of hydrogen-bond acceptors (Lipinski definition) is 2. The summed E-state index contributed by atoms with van der Waals surface area (Å²) in [4.78, 5) is 23.6. The van der Waals surface area contributed by atoms with Crippen LogP contribution in [-0.2, 0) is 11.3 Å². The molecule has 0 spiro atoms. The standard InChI is InChI=1S/C18H18ClN3O2/c19-14-5-1-12(2-6-14)11-20-18(24)22-16-9-7-15(8-10-16)21-17(23)13-3-4-13/h1-2,5-10,13H,3-4,11H2,(H,21,23)(H2,20,22,24). The Hall–Kier alpha value is -2.53. The third kappa shape index (κ3) is 4.73. The van der Waals surface area contributed by atoms with Crippen LogP contribution in [0.3, 0.4) is 0 Å². The van der Waals surface area contributed by atoms with Crippen LogP contribution in [-0.4, -0.2) is 11.9 Å². The van der Waals surface area contributed by atoms with Gasteiger partial charge in [-0.25, -0.2) is 4.79 Å². The van der Waals surface area contributed by atoms with Crippen molar-refractivity contribution in [1.29, 1.82) is 0 Å². The Morgan fingerprint density at radius 1 is 0.917 bits per heavy atom. The van der Waals surface area contributed by atoms with E-state index in [9.17, 15) is 9.59 Å². The molecule has 0 unspecified atom stereocenters. The molecule has 0 radical (unpaired) electrons. The van der Waals surface area contributed by atoms with Gasteiger partial charge in [0.25, 0.3) is 0 Å². The molecule has 124 valence electrons. The molecule has 0 saturated heterocycles. The maximum Gasteiger partial charge on any atom is 0.319 e. The molecule has 3 amide bonds. The number of hydrogen-bond donors (Lipinski definition) is 3. The van der Waals surface area contributed by atoms with Crippen molar-refractivity contribution in [3.63, 3.8) is 0 Å². The van der Waals surface area contributed by atoms with Crippen LogP contribution >= 0.6 is 11.6 Å². The molecule has 0 atom stereocenters. The summed E-state index contributed by atoms with van der Waals surface area (Å²) in [5, 5.41) is 9.05. The fraction of sp³-hybridized carbons (Fsp3) is 0.222. The summed E-state index contributed by atoms with van der Waals surface area (Å²) in [5.74, 6) is 0.234. The first kappa shape index (κ1) is 16.3. The molecule has 0 aliphatic heterocycles. The van der Waals surface area contributed by atoms with Crippen LogP contribution in [0.4, 0.5) is 16.2 Å². The van der Waals surface area contributed by atoms with E-state index in [2.05, 4.69) is 16.0 Å². The summed E-state index contributed by atoms with van der Waals surface area (Å²) in [6.45, 7) is 0.415. The van der Waals surface area contributed by atoms with Crippen molar-refractivity contribution >= 4 is 34.9 Å². The number of halogens is 1. The minimum Gasteiger partial charge on any atom is -0.334 e. The van der Waals surface area contributed by atoms with E-state index in [-0.39, 0.29) is 17.9 Å². The average molecular weight is 344 g/mol. The molecule has 3 N–H and O–H groups in total. The van der Waals surface area contributed by atoms with Gasteiger partial charge >= 0.3 is 6.03 Å². The zero-order valence-corrected chi connectivity index (χ0v) is 13.8. The molecule has 0 aromatic heterocycles. The smallest absolute Gasteiger partial charge is 0.319 e. The summed E-state index contributed by atoms with van der Waals surface area (Å²) < 4.78 is 0. The van der Waals surface area contributed by atoms with Gasteiger partial charge in [0.2, 0.25) is 5.91 Å². The first-order chi connectivity index (χ1) is 11.6. The van der Waals surface area contributed by atoms with Gasteiger partial charge < -0.3 is 16.0 Å². The molecular formula is C18H18ClN3O2. The highest BCUT2D eigenvalue weighted by atomic mass is 35.5. The normalized spacial score (nSPS) is 13.2. The highest BCUT2D eigenvalue weighted by Crippen LogP contribution is 2.30. The Balaban J connectivity index is 1.47. The number of nitrogens with one attached hydrogen (secondary N) is 3. The summed E-state index contributed by atoms with van der Waals surface area (Å²) >= 11 is 5.82. The van der Waals surface area contributed by atoms with E-state index in [0.717, 1.165) is 24.1 Å². The van der Waals surface area contributed by atoms with E-state index in [4.69, 9.17) is 11.6 Å². The molecule has 1 aliphatic carbocycles. The number of urea groups is 1. The summed E-state index contributed by atoms with van der Waals surface area (Å²) in [6.07, 6.45) is 1.94. The van der Waals surface area contributed by atoms with Gasteiger partial charge in [-0.05, 0) is 54.8 Å². The maximum absolute atomic E-state index is 11.9. The Kier molecular flexibility index (Phi) is 5.01. The second-order valence-corrected chi connectivity index (χ2v) is 6.21. The van der Waals surface area contributed by atoms with E-state index in [1.807, 2.05) is 12.1 Å². The Morgan fingerprint density at radius 2 is 1.50 bits per heavy atom. The number of benzene rings is 2. The van der Waals surface area contributed by atoms with Crippen LogP contribution in [0.2, 0.25) is 5.02 Å². The van der Waals surface area contributed by atoms with E-state index in [1.54, 1.807) is 36.4 Å². The van der Waals surface area contributed by atoms with Gasteiger partial charge in [0.1, 0.15) is 0 Å². The van der Waals surface area contributed by atoms with Gasteiger partial charge in [-0.2, -0.15) is 0 Å². The number of amides is 3. The molecule has 1 fully saturated rings. The first-order valence-electron chi connectivity index (χ1n) is 7.80. The van der Waals surface area contributed by atoms with E-state index in [1.165, 1.54) is 0 Å². The summed E-state index contributed by atoms with van der Waals surface area (Å²) in [5.41, 5.74) is 2.36. The Morgan fingerprint density at radius 3 is 2.08 bits per heavy atom. The van der Waals surface area contributed by atoms with Crippen molar-refractivity contribution in [3.8, 4) is 0 Å². The molecule has 24 heavy (non-hydrogen) atoms. The van der Waals surface area contributed by atoms with Gasteiger partial charge in [-0.3, -0.25) is 4.79 Å². The molecule has 2 aromatic carbocycles. The minimum atomic E-state index is -0.292. The molecule has 1 aliphatic rings. The average Bonchev–Trinajstić information content (AvgIpc) is 3.41. The fourth-order valence-corrected chi connectivity index (χ4v) is 2.31. The van der Waals surface area contributed by atoms with Crippen molar-refractivity contribution in [2.75, 3.05) is 10.6 Å². The van der Waals surface area contributed by atoms with Crippen molar-refractivity contribution in [2.45, 2.75) is 19.4 Å².